The number of rotatable bonds is 5. The minimum absolute atomic E-state index is 0.0171. The van der Waals surface area contributed by atoms with Crippen molar-refractivity contribution in [2.75, 3.05) is 5.32 Å². The summed E-state index contributed by atoms with van der Waals surface area (Å²) >= 11 is 0. The standard InChI is InChI=1S/C19H24N2O/c1-13-10-11-14(2)18(12-13)21-19(22)16(4)20-15(3)17-8-6-5-7-9-17/h5-12,15-16,20H,1-4H3,(H,21,22)/t15-,16+/m0/s1. The van der Waals surface area contributed by atoms with Gasteiger partial charge in [-0.1, -0.05) is 42.5 Å². The van der Waals surface area contributed by atoms with Gasteiger partial charge in [0.1, 0.15) is 0 Å². The van der Waals surface area contributed by atoms with Crippen molar-refractivity contribution < 1.29 is 4.79 Å². The second kappa shape index (κ2) is 7.23. The van der Waals surface area contributed by atoms with Gasteiger partial charge in [-0.15, -0.1) is 0 Å². The third-order valence-electron chi connectivity index (χ3n) is 3.84. The second-order valence-electron chi connectivity index (χ2n) is 5.83. The van der Waals surface area contributed by atoms with Crippen LogP contribution in [0.4, 0.5) is 5.69 Å². The highest BCUT2D eigenvalue weighted by Gasteiger charge is 2.16. The van der Waals surface area contributed by atoms with Crippen molar-refractivity contribution in [1.29, 1.82) is 0 Å². The maximum absolute atomic E-state index is 12.4. The van der Waals surface area contributed by atoms with Gasteiger partial charge in [-0.25, -0.2) is 0 Å². The average molecular weight is 296 g/mol. The van der Waals surface area contributed by atoms with Crippen molar-refractivity contribution in [2.24, 2.45) is 0 Å². The van der Waals surface area contributed by atoms with Crippen LogP contribution < -0.4 is 10.6 Å². The van der Waals surface area contributed by atoms with Gasteiger partial charge >= 0.3 is 0 Å². The van der Waals surface area contributed by atoms with Gasteiger partial charge in [0, 0.05) is 11.7 Å². The van der Waals surface area contributed by atoms with E-state index in [1.807, 2.05) is 57.2 Å². The van der Waals surface area contributed by atoms with Gasteiger partial charge in [0.25, 0.3) is 0 Å². The zero-order valence-electron chi connectivity index (χ0n) is 13.7. The fourth-order valence-electron chi connectivity index (χ4n) is 2.40. The lowest BCUT2D eigenvalue weighted by molar-refractivity contribution is -0.117. The van der Waals surface area contributed by atoms with E-state index in [-0.39, 0.29) is 18.0 Å². The first-order valence-corrected chi connectivity index (χ1v) is 7.66. The molecule has 2 rings (SSSR count). The lowest BCUT2D eigenvalue weighted by atomic mass is 10.1. The van der Waals surface area contributed by atoms with Crippen LogP contribution >= 0.6 is 0 Å². The molecule has 0 aromatic heterocycles. The fourth-order valence-corrected chi connectivity index (χ4v) is 2.40. The topological polar surface area (TPSA) is 41.1 Å². The zero-order valence-corrected chi connectivity index (χ0v) is 13.7. The highest BCUT2D eigenvalue weighted by molar-refractivity contribution is 5.95. The molecule has 1 amide bonds. The van der Waals surface area contributed by atoms with Crippen LogP contribution in [0.15, 0.2) is 48.5 Å². The van der Waals surface area contributed by atoms with Crippen LogP contribution in [0.1, 0.15) is 36.6 Å². The smallest absolute Gasteiger partial charge is 0.241 e. The summed E-state index contributed by atoms with van der Waals surface area (Å²) in [5, 5.41) is 6.34. The Morgan fingerprint density at radius 1 is 1.00 bits per heavy atom. The van der Waals surface area contributed by atoms with Gasteiger partial charge in [-0.2, -0.15) is 0 Å². The first-order chi connectivity index (χ1) is 10.5. The lowest BCUT2D eigenvalue weighted by Crippen LogP contribution is -2.39. The predicted octanol–water partition coefficient (Wildman–Crippen LogP) is 3.98. The molecule has 2 aromatic rings. The third-order valence-corrected chi connectivity index (χ3v) is 3.84. The molecule has 0 radical (unpaired) electrons. The molecule has 0 heterocycles. The van der Waals surface area contributed by atoms with Crippen LogP contribution in [0.3, 0.4) is 0 Å². The van der Waals surface area contributed by atoms with Crippen LogP contribution in [0.2, 0.25) is 0 Å². The van der Waals surface area contributed by atoms with Crippen molar-refractivity contribution in [3.8, 4) is 0 Å². The van der Waals surface area contributed by atoms with Gasteiger partial charge < -0.3 is 5.32 Å². The quantitative estimate of drug-likeness (QED) is 0.876. The molecule has 0 saturated carbocycles. The zero-order chi connectivity index (χ0) is 16.1. The van der Waals surface area contributed by atoms with Gasteiger partial charge in [0.05, 0.1) is 6.04 Å². The molecule has 2 aromatic carbocycles. The van der Waals surface area contributed by atoms with Crippen molar-refractivity contribution in [2.45, 2.75) is 39.8 Å². The Bertz CT molecular complexity index is 637. The molecule has 2 N–H and O–H groups in total. The highest BCUT2D eigenvalue weighted by atomic mass is 16.2. The minimum atomic E-state index is -0.268. The molecule has 0 aliphatic rings. The minimum Gasteiger partial charge on any atom is -0.324 e. The van der Waals surface area contributed by atoms with E-state index < -0.39 is 0 Å². The molecule has 0 saturated heterocycles. The summed E-state index contributed by atoms with van der Waals surface area (Å²) in [7, 11) is 0. The van der Waals surface area contributed by atoms with Crippen LogP contribution in [0, 0.1) is 13.8 Å². The Labute approximate surface area is 132 Å². The van der Waals surface area contributed by atoms with E-state index in [2.05, 4.69) is 29.7 Å². The summed E-state index contributed by atoms with van der Waals surface area (Å²) in [6, 6.07) is 16.1. The number of nitrogens with one attached hydrogen (secondary N) is 2. The average Bonchev–Trinajstić information content (AvgIpc) is 2.51. The Morgan fingerprint density at radius 2 is 1.68 bits per heavy atom. The summed E-state index contributed by atoms with van der Waals surface area (Å²) in [4.78, 5) is 12.4. The normalized spacial score (nSPS) is 13.5. The van der Waals surface area contributed by atoms with E-state index in [1.165, 1.54) is 5.56 Å². The molecule has 0 bridgehead atoms. The van der Waals surface area contributed by atoms with Gasteiger partial charge in [0.2, 0.25) is 5.91 Å². The summed E-state index contributed by atoms with van der Waals surface area (Å²) in [5.74, 6) is -0.0171. The SMILES string of the molecule is Cc1ccc(C)c(NC(=O)[C@@H](C)N[C@@H](C)c2ccccc2)c1. The molecule has 0 aliphatic heterocycles. The maximum atomic E-state index is 12.4. The molecule has 3 heteroatoms. The summed E-state index contributed by atoms with van der Waals surface area (Å²) in [6.45, 7) is 7.98. The van der Waals surface area contributed by atoms with Crippen molar-refractivity contribution in [1.82, 2.24) is 5.32 Å². The Morgan fingerprint density at radius 3 is 2.36 bits per heavy atom. The Balaban J connectivity index is 1.99. The second-order valence-corrected chi connectivity index (χ2v) is 5.83. The molecule has 22 heavy (non-hydrogen) atoms. The van der Waals surface area contributed by atoms with E-state index in [4.69, 9.17) is 0 Å². The first-order valence-electron chi connectivity index (χ1n) is 7.66. The molecular weight excluding hydrogens is 272 g/mol. The van der Waals surface area contributed by atoms with Gasteiger partial charge in [-0.3, -0.25) is 10.1 Å². The van der Waals surface area contributed by atoms with Crippen LogP contribution in [-0.2, 0) is 4.79 Å². The summed E-state index contributed by atoms with van der Waals surface area (Å²) in [5.41, 5.74) is 4.27. The number of carbonyl (C=O) groups is 1. The third kappa shape index (κ3) is 4.18. The van der Waals surface area contributed by atoms with Crippen LogP contribution in [0.5, 0.6) is 0 Å². The number of hydrogen-bond donors (Lipinski definition) is 2. The van der Waals surface area contributed by atoms with E-state index in [9.17, 15) is 4.79 Å². The van der Waals surface area contributed by atoms with E-state index >= 15 is 0 Å². The maximum Gasteiger partial charge on any atom is 0.241 e. The molecule has 2 atom stereocenters. The van der Waals surface area contributed by atoms with Crippen molar-refractivity contribution >= 4 is 11.6 Å². The molecule has 0 aliphatic carbocycles. The van der Waals surface area contributed by atoms with E-state index in [0.29, 0.717) is 0 Å². The Kier molecular flexibility index (Phi) is 5.34. The first kappa shape index (κ1) is 16.2. The molecule has 0 fully saturated rings. The number of benzene rings is 2. The van der Waals surface area contributed by atoms with Crippen molar-refractivity contribution in [3.63, 3.8) is 0 Å². The predicted molar refractivity (Wildman–Crippen MR) is 92.0 cm³/mol. The largest absolute Gasteiger partial charge is 0.324 e. The molecule has 116 valence electrons. The summed E-state index contributed by atoms with van der Waals surface area (Å²) < 4.78 is 0. The van der Waals surface area contributed by atoms with E-state index in [0.717, 1.165) is 16.8 Å². The van der Waals surface area contributed by atoms with Crippen molar-refractivity contribution in [3.05, 3.63) is 65.2 Å². The van der Waals surface area contributed by atoms with Gasteiger partial charge in [0.15, 0.2) is 0 Å². The monoisotopic (exact) mass is 296 g/mol. The highest BCUT2D eigenvalue weighted by Crippen LogP contribution is 2.17. The number of anilines is 1. The fraction of sp³-hybridized carbons (Fsp3) is 0.316. The number of carbonyl (C=O) groups excluding carboxylic acids is 1. The van der Waals surface area contributed by atoms with Crippen LogP contribution in [-0.4, -0.2) is 11.9 Å². The molecule has 3 nitrogen and oxygen atoms in total. The number of hydrogen-bond acceptors (Lipinski definition) is 2. The molecule has 0 spiro atoms. The van der Waals surface area contributed by atoms with Gasteiger partial charge in [-0.05, 0) is 50.5 Å². The lowest BCUT2D eigenvalue weighted by Gasteiger charge is -2.20. The Hall–Kier alpha value is -2.13. The van der Waals surface area contributed by atoms with E-state index in [1.54, 1.807) is 0 Å². The molecular formula is C19H24N2O. The summed E-state index contributed by atoms with van der Waals surface area (Å²) in [6.07, 6.45) is 0. The number of aryl methyl sites for hydroxylation is 2. The van der Waals surface area contributed by atoms with Crippen LogP contribution in [0.25, 0.3) is 0 Å². The molecule has 0 unspecified atom stereocenters. The number of amides is 1.